The maximum absolute atomic E-state index is 12.2. The Morgan fingerprint density at radius 2 is 1.86 bits per heavy atom. The Morgan fingerprint density at radius 1 is 1.09 bits per heavy atom. The Kier molecular flexibility index (Phi) is 4.49. The van der Waals surface area contributed by atoms with Crippen LogP contribution in [0.1, 0.15) is 5.76 Å². The summed E-state index contributed by atoms with van der Waals surface area (Å²) in [5, 5.41) is 0.750. The molecule has 1 amide bonds. The second-order valence-corrected chi connectivity index (χ2v) is 5.52. The largest absolute Gasteiger partial charge is 0.465 e. The molecule has 1 fully saturated rings. The number of hydrogen-bond donors (Lipinski definition) is 0. The van der Waals surface area contributed by atoms with Gasteiger partial charge in [-0.1, -0.05) is 23.7 Å². The average molecular weight is 317 g/mol. The molecule has 22 heavy (non-hydrogen) atoms. The second-order valence-electron chi connectivity index (χ2n) is 5.11. The molecule has 4 nitrogen and oxygen atoms in total. The number of halogens is 1. The second kappa shape index (κ2) is 6.71. The Morgan fingerprint density at radius 3 is 2.55 bits per heavy atom. The lowest BCUT2D eigenvalue weighted by atomic mass is 10.2. The fourth-order valence-electron chi connectivity index (χ4n) is 2.52. The van der Waals surface area contributed by atoms with Gasteiger partial charge in [-0.15, -0.1) is 0 Å². The van der Waals surface area contributed by atoms with E-state index >= 15 is 0 Å². The highest BCUT2D eigenvalue weighted by atomic mass is 35.5. The van der Waals surface area contributed by atoms with Crippen molar-refractivity contribution in [3.8, 4) is 0 Å². The monoisotopic (exact) mass is 316 g/mol. The molecule has 2 aromatic rings. The predicted octanol–water partition coefficient (Wildman–Crippen LogP) is 3.30. The summed E-state index contributed by atoms with van der Waals surface area (Å²) in [6.07, 6.45) is 4.85. The molecule has 2 heterocycles. The molecule has 0 spiro atoms. The summed E-state index contributed by atoms with van der Waals surface area (Å²) in [5.74, 6) is 0.693. The minimum atomic E-state index is 0.00945. The molecule has 1 aromatic heterocycles. The molecule has 1 saturated heterocycles. The van der Waals surface area contributed by atoms with Gasteiger partial charge in [0.05, 0.1) is 17.0 Å². The van der Waals surface area contributed by atoms with Gasteiger partial charge in [0.1, 0.15) is 5.76 Å². The molecule has 1 aliphatic rings. The third-order valence-electron chi connectivity index (χ3n) is 3.72. The van der Waals surface area contributed by atoms with Gasteiger partial charge in [-0.2, -0.15) is 0 Å². The fourth-order valence-corrected chi connectivity index (χ4v) is 2.78. The topological polar surface area (TPSA) is 36.7 Å². The maximum Gasteiger partial charge on any atom is 0.246 e. The summed E-state index contributed by atoms with van der Waals surface area (Å²) in [6.45, 7) is 2.94. The molecule has 1 aliphatic heterocycles. The number of nitrogens with zero attached hydrogens (tertiary/aromatic N) is 2. The van der Waals surface area contributed by atoms with Crippen molar-refractivity contribution in [3.05, 3.63) is 59.5 Å². The number of piperazine rings is 1. The number of benzene rings is 1. The predicted molar refractivity (Wildman–Crippen MR) is 88.0 cm³/mol. The van der Waals surface area contributed by atoms with Crippen molar-refractivity contribution in [1.82, 2.24) is 4.90 Å². The fraction of sp³-hybridized carbons (Fsp3) is 0.235. The van der Waals surface area contributed by atoms with Gasteiger partial charge < -0.3 is 14.2 Å². The third kappa shape index (κ3) is 3.34. The van der Waals surface area contributed by atoms with Crippen LogP contribution < -0.4 is 4.90 Å². The van der Waals surface area contributed by atoms with Crippen molar-refractivity contribution < 1.29 is 9.21 Å². The van der Waals surface area contributed by atoms with E-state index in [4.69, 9.17) is 16.0 Å². The first-order chi connectivity index (χ1) is 10.7. The van der Waals surface area contributed by atoms with E-state index in [9.17, 15) is 4.79 Å². The van der Waals surface area contributed by atoms with E-state index in [1.54, 1.807) is 24.5 Å². The van der Waals surface area contributed by atoms with Gasteiger partial charge >= 0.3 is 0 Å². The third-order valence-corrected chi connectivity index (χ3v) is 4.04. The Labute approximate surface area is 134 Å². The van der Waals surface area contributed by atoms with Gasteiger partial charge in [0.2, 0.25) is 5.91 Å². The van der Waals surface area contributed by atoms with Gasteiger partial charge in [-0.05, 0) is 30.3 Å². The zero-order valence-corrected chi connectivity index (χ0v) is 12.9. The van der Waals surface area contributed by atoms with E-state index in [0.717, 1.165) is 23.8 Å². The summed E-state index contributed by atoms with van der Waals surface area (Å²) < 4.78 is 5.18. The lowest BCUT2D eigenvalue weighted by Gasteiger charge is -2.36. The average Bonchev–Trinajstić information content (AvgIpc) is 3.07. The summed E-state index contributed by atoms with van der Waals surface area (Å²) in [5.41, 5.74) is 1.03. The molecule has 5 heteroatoms. The number of rotatable bonds is 3. The first-order valence-corrected chi connectivity index (χ1v) is 7.62. The van der Waals surface area contributed by atoms with Crippen LogP contribution in [0.4, 0.5) is 5.69 Å². The lowest BCUT2D eigenvalue weighted by molar-refractivity contribution is -0.126. The van der Waals surface area contributed by atoms with Crippen molar-refractivity contribution in [3.63, 3.8) is 0 Å². The van der Waals surface area contributed by atoms with Crippen LogP contribution >= 0.6 is 11.6 Å². The highest BCUT2D eigenvalue weighted by Crippen LogP contribution is 2.26. The molecule has 0 saturated carbocycles. The van der Waals surface area contributed by atoms with Crippen molar-refractivity contribution in [1.29, 1.82) is 0 Å². The molecular weight excluding hydrogens is 300 g/mol. The molecule has 1 aromatic carbocycles. The van der Waals surface area contributed by atoms with Gasteiger partial charge in [0, 0.05) is 32.3 Å². The molecule has 0 N–H and O–H groups in total. The number of amides is 1. The van der Waals surface area contributed by atoms with Crippen LogP contribution in [0.5, 0.6) is 0 Å². The number of anilines is 1. The highest BCUT2D eigenvalue weighted by molar-refractivity contribution is 6.33. The zero-order chi connectivity index (χ0) is 15.4. The first-order valence-electron chi connectivity index (χ1n) is 7.24. The van der Waals surface area contributed by atoms with Crippen LogP contribution in [0.2, 0.25) is 5.02 Å². The van der Waals surface area contributed by atoms with E-state index in [1.807, 2.05) is 35.2 Å². The normalized spacial score (nSPS) is 15.5. The van der Waals surface area contributed by atoms with Crippen LogP contribution in [0.15, 0.2) is 53.2 Å². The van der Waals surface area contributed by atoms with Crippen molar-refractivity contribution >= 4 is 29.3 Å². The van der Waals surface area contributed by atoms with Crippen molar-refractivity contribution in [2.24, 2.45) is 0 Å². The Hall–Kier alpha value is -2.20. The zero-order valence-electron chi connectivity index (χ0n) is 12.1. The van der Waals surface area contributed by atoms with E-state index in [0.29, 0.717) is 18.8 Å². The van der Waals surface area contributed by atoms with Crippen molar-refractivity contribution in [2.45, 2.75) is 0 Å². The summed E-state index contributed by atoms with van der Waals surface area (Å²) >= 11 is 6.22. The highest BCUT2D eigenvalue weighted by Gasteiger charge is 2.20. The van der Waals surface area contributed by atoms with Crippen LogP contribution in [-0.2, 0) is 4.79 Å². The van der Waals surface area contributed by atoms with Gasteiger partial charge in [0.15, 0.2) is 0 Å². The number of hydrogen-bond acceptors (Lipinski definition) is 3. The minimum absolute atomic E-state index is 0.00945. The molecular formula is C17H17ClN2O2. The smallest absolute Gasteiger partial charge is 0.246 e. The maximum atomic E-state index is 12.2. The molecule has 0 bridgehead atoms. The van der Waals surface area contributed by atoms with Crippen molar-refractivity contribution in [2.75, 3.05) is 31.1 Å². The Bertz CT molecular complexity index is 659. The first kappa shape index (κ1) is 14.7. The summed E-state index contributed by atoms with van der Waals surface area (Å²) in [7, 11) is 0. The minimum Gasteiger partial charge on any atom is -0.465 e. The van der Waals surface area contributed by atoms with E-state index in [-0.39, 0.29) is 5.91 Å². The quantitative estimate of drug-likeness (QED) is 0.815. The molecule has 0 aliphatic carbocycles. The molecule has 3 rings (SSSR count). The van der Waals surface area contributed by atoms with E-state index in [1.165, 1.54) is 0 Å². The van der Waals surface area contributed by atoms with Crippen LogP contribution in [0.25, 0.3) is 6.08 Å². The van der Waals surface area contributed by atoms with E-state index in [2.05, 4.69) is 4.90 Å². The number of carbonyl (C=O) groups is 1. The van der Waals surface area contributed by atoms with Crippen LogP contribution in [0, 0.1) is 0 Å². The summed E-state index contributed by atoms with van der Waals surface area (Å²) in [6, 6.07) is 11.4. The van der Waals surface area contributed by atoms with Crippen LogP contribution in [0.3, 0.4) is 0 Å². The molecule has 0 atom stereocenters. The number of furan rings is 1. The molecule has 0 radical (unpaired) electrons. The van der Waals surface area contributed by atoms with Gasteiger partial charge in [0.25, 0.3) is 0 Å². The standard InChI is InChI=1S/C17H17ClN2O2/c18-15-5-1-2-6-16(15)19-9-11-20(12-10-19)17(21)8-7-14-4-3-13-22-14/h1-8,13H,9-12H2. The number of carbonyl (C=O) groups excluding carboxylic acids is 1. The number of para-hydroxylation sites is 1. The van der Waals surface area contributed by atoms with Crippen LogP contribution in [-0.4, -0.2) is 37.0 Å². The van der Waals surface area contributed by atoms with Gasteiger partial charge in [-0.25, -0.2) is 0 Å². The lowest BCUT2D eigenvalue weighted by Crippen LogP contribution is -2.48. The Balaban J connectivity index is 1.57. The van der Waals surface area contributed by atoms with Gasteiger partial charge in [-0.3, -0.25) is 4.79 Å². The summed E-state index contributed by atoms with van der Waals surface area (Å²) in [4.78, 5) is 16.2. The molecule has 0 unspecified atom stereocenters. The SMILES string of the molecule is O=C(C=Cc1ccco1)N1CCN(c2ccccc2Cl)CC1. The van der Waals surface area contributed by atoms with E-state index < -0.39 is 0 Å². The molecule has 114 valence electrons.